The normalized spacial score (nSPS) is 10.4. The van der Waals surface area contributed by atoms with Gasteiger partial charge in [0.1, 0.15) is 0 Å². The SMILES string of the molecule is Cc1cc(C(=O)c2ccc(Cl)s2)cc(C)n1. The van der Waals surface area contributed by atoms with Crippen LogP contribution in [0.2, 0.25) is 4.34 Å². The van der Waals surface area contributed by atoms with Gasteiger partial charge in [0, 0.05) is 17.0 Å². The van der Waals surface area contributed by atoms with Gasteiger partial charge in [-0.2, -0.15) is 0 Å². The molecule has 0 atom stereocenters. The third-order valence-corrected chi connectivity index (χ3v) is 3.37. The molecule has 2 heterocycles. The Labute approximate surface area is 103 Å². The maximum absolute atomic E-state index is 12.1. The van der Waals surface area contributed by atoms with Crippen LogP contribution in [-0.4, -0.2) is 10.8 Å². The number of halogens is 1. The Morgan fingerprint density at radius 3 is 2.38 bits per heavy atom. The van der Waals surface area contributed by atoms with E-state index in [4.69, 9.17) is 11.6 Å². The van der Waals surface area contributed by atoms with E-state index in [1.807, 2.05) is 13.8 Å². The smallest absolute Gasteiger partial charge is 0.203 e. The summed E-state index contributed by atoms with van der Waals surface area (Å²) in [4.78, 5) is 17.0. The zero-order valence-electron chi connectivity index (χ0n) is 8.95. The average molecular weight is 252 g/mol. The molecule has 0 saturated carbocycles. The lowest BCUT2D eigenvalue weighted by Crippen LogP contribution is -2.01. The second-order valence-corrected chi connectivity index (χ2v) is 5.29. The standard InChI is InChI=1S/C12H10ClNOS/c1-7-5-9(6-8(2)14-7)12(15)10-3-4-11(13)16-10/h3-6H,1-2H3. The van der Waals surface area contributed by atoms with Crippen molar-refractivity contribution in [1.82, 2.24) is 4.98 Å². The summed E-state index contributed by atoms with van der Waals surface area (Å²) in [5, 5.41) is 0. The van der Waals surface area contributed by atoms with E-state index in [1.165, 1.54) is 11.3 Å². The van der Waals surface area contributed by atoms with E-state index in [9.17, 15) is 4.79 Å². The van der Waals surface area contributed by atoms with E-state index in [0.717, 1.165) is 11.4 Å². The second kappa shape index (κ2) is 4.36. The number of nitrogens with zero attached hydrogens (tertiary/aromatic N) is 1. The third kappa shape index (κ3) is 2.31. The number of hydrogen-bond acceptors (Lipinski definition) is 3. The van der Waals surface area contributed by atoms with Crippen LogP contribution in [0.15, 0.2) is 24.3 Å². The number of ketones is 1. The van der Waals surface area contributed by atoms with E-state index in [1.54, 1.807) is 24.3 Å². The fourth-order valence-corrected chi connectivity index (χ4v) is 2.55. The molecular formula is C12H10ClNOS. The maximum Gasteiger partial charge on any atom is 0.203 e. The Hall–Kier alpha value is -1.19. The van der Waals surface area contributed by atoms with Crippen LogP contribution in [0.5, 0.6) is 0 Å². The number of aryl methyl sites for hydroxylation is 2. The molecule has 0 N–H and O–H groups in total. The van der Waals surface area contributed by atoms with Crippen LogP contribution in [0.4, 0.5) is 0 Å². The van der Waals surface area contributed by atoms with Gasteiger partial charge in [0.2, 0.25) is 5.78 Å². The first-order valence-corrected chi connectivity index (χ1v) is 6.01. The van der Waals surface area contributed by atoms with Crippen LogP contribution < -0.4 is 0 Å². The van der Waals surface area contributed by atoms with E-state index in [2.05, 4.69) is 4.98 Å². The summed E-state index contributed by atoms with van der Waals surface area (Å²) in [5.41, 5.74) is 2.38. The van der Waals surface area contributed by atoms with Crippen molar-refractivity contribution in [2.24, 2.45) is 0 Å². The molecule has 0 radical (unpaired) electrons. The van der Waals surface area contributed by atoms with Crippen molar-refractivity contribution in [3.8, 4) is 0 Å². The fraction of sp³-hybridized carbons (Fsp3) is 0.167. The Kier molecular flexibility index (Phi) is 3.08. The summed E-state index contributed by atoms with van der Waals surface area (Å²) in [6, 6.07) is 7.08. The van der Waals surface area contributed by atoms with Gasteiger partial charge in [0.05, 0.1) is 9.21 Å². The maximum atomic E-state index is 12.1. The number of carbonyl (C=O) groups excluding carboxylic acids is 1. The highest BCUT2D eigenvalue weighted by Crippen LogP contribution is 2.24. The van der Waals surface area contributed by atoms with Crippen molar-refractivity contribution in [3.63, 3.8) is 0 Å². The quantitative estimate of drug-likeness (QED) is 0.763. The number of carbonyl (C=O) groups is 1. The molecule has 0 amide bonds. The molecule has 2 rings (SSSR count). The molecular weight excluding hydrogens is 242 g/mol. The van der Waals surface area contributed by atoms with Crippen molar-refractivity contribution in [2.75, 3.05) is 0 Å². The summed E-state index contributed by atoms with van der Waals surface area (Å²) >= 11 is 7.11. The van der Waals surface area contributed by atoms with Crippen LogP contribution in [0, 0.1) is 13.8 Å². The molecule has 2 aromatic rings. The molecule has 0 aliphatic heterocycles. The molecule has 0 spiro atoms. The van der Waals surface area contributed by atoms with Crippen molar-refractivity contribution in [1.29, 1.82) is 0 Å². The number of rotatable bonds is 2. The van der Waals surface area contributed by atoms with Crippen molar-refractivity contribution < 1.29 is 4.79 Å². The van der Waals surface area contributed by atoms with Gasteiger partial charge in [0.25, 0.3) is 0 Å². The molecule has 0 unspecified atom stereocenters. The van der Waals surface area contributed by atoms with Crippen LogP contribution in [0.3, 0.4) is 0 Å². The van der Waals surface area contributed by atoms with E-state index in [-0.39, 0.29) is 5.78 Å². The fourth-order valence-electron chi connectivity index (χ4n) is 1.54. The number of hydrogen-bond donors (Lipinski definition) is 0. The second-order valence-electron chi connectivity index (χ2n) is 3.57. The van der Waals surface area contributed by atoms with E-state index >= 15 is 0 Å². The Morgan fingerprint density at radius 1 is 1.25 bits per heavy atom. The molecule has 0 bridgehead atoms. The zero-order chi connectivity index (χ0) is 11.7. The largest absolute Gasteiger partial charge is 0.288 e. The highest BCUT2D eigenvalue weighted by molar-refractivity contribution is 7.18. The van der Waals surface area contributed by atoms with E-state index in [0.29, 0.717) is 14.8 Å². The molecule has 82 valence electrons. The molecule has 0 aliphatic carbocycles. The van der Waals surface area contributed by atoms with Gasteiger partial charge in [-0.15, -0.1) is 11.3 Å². The highest BCUT2D eigenvalue weighted by atomic mass is 35.5. The molecule has 16 heavy (non-hydrogen) atoms. The molecule has 0 fully saturated rings. The average Bonchev–Trinajstić information content (AvgIpc) is 2.62. The molecule has 0 aromatic carbocycles. The first kappa shape index (κ1) is 11.3. The minimum absolute atomic E-state index is 0.00509. The number of thiophene rings is 1. The zero-order valence-corrected chi connectivity index (χ0v) is 10.5. The van der Waals surface area contributed by atoms with Gasteiger partial charge in [-0.25, -0.2) is 0 Å². The van der Waals surface area contributed by atoms with Crippen LogP contribution in [0.25, 0.3) is 0 Å². The van der Waals surface area contributed by atoms with Crippen molar-refractivity contribution >= 4 is 28.7 Å². The third-order valence-electron chi connectivity index (χ3n) is 2.14. The summed E-state index contributed by atoms with van der Waals surface area (Å²) < 4.78 is 0.630. The lowest BCUT2D eigenvalue weighted by molar-refractivity contribution is 0.104. The van der Waals surface area contributed by atoms with Crippen LogP contribution >= 0.6 is 22.9 Å². The topological polar surface area (TPSA) is 30.0 Å². The number of pyridine rings is 1. The minimum atomic E-state index is 0.00509. The highest BCUT2D eigenvalue weighted by Gasteiger charge is 2.12. The lowest BCUT2D eigenvalue weighted by Gasteiger charge is -2.01. The van der Waals surface area contributed by atoms with Crippen LogP contribution in [0.1, 0.15) is 26.6 Å². The van der Waals surface area contributed by atoms with Crippen molar-refractivity contribution in [3.05, 3.63) is 50.4 Å². The molecule has 0 saturated heterocycles. The van der Waals surface area contributed by atoms with Gasteiger partial charge in [-0.1, -0.05) is 11.6 Å². The van der Waals surface area contributed by atoms with Gasteiger partial charge in [0.15, 0.2) is 0 Å². The Morgan fingerprint density at radius 2 is 1.88 bits per heavy atom. The first-order chi connectivity index (χ1) is 7.56. The Balaban J connectivity index is 2.41. The van der Waals surface area contributed by atoms with Crippen molar-refractivity contribution in [2.45, 2.75) is 13.8 Å². The summed E-state index contributed by atoms with van der Waals surface area (Å²) in [6.45, 7) is 3.76. The lowest BCUT2D eigenvalue weighted by atomic mass is 10.1. The van der Waals surface area contributed by atoms with Gasteiger partial charge in [-0.3, -0.25) is 9.78 Å². The molecule has 0 aliphatic rings. The van der Waals surface area contributed by atoms with Gasteiger partial charge in [-0.05, 0) is 38.1 Å². The monoisotopic (exact) mass is 251 g/mol. The number of aromatic nitrogens is 1. The molecule has 2 aromatic heterocycles. The predicted molar refractivity (Wildman–Crippen MR) is 66.5 cm³/mol. The Bertz CT molecular complexity index is 527. The van der Waals surface area contributed by atoms with E-state index < -0.39 is 0 Å². The molecule has 4 heteroatoms. The molecule has 2 nitrogen and oxygen atoms in total. The first-order valence-electron chi connectivity index (χ1n) is 4.81. The van der Waals surface area contributed by atoms with Crippen LogP contribution in [-0.2, 0) is 0 Å². The summed E-state index contributed by atoms with van der Waals surface area (Å²) in [6.07, 6.45) is 0. The predicted octanol–water partition coefficient (Wildman–Crippen LogP) is 3.64. The van der Waals surface area contributed by atoms with Gasteiger partial charge >= 0.3 is 0 Å². The minimum Gasteiger partial charge on any atom is -0.288 e. The van der Waals surface area contributed by atoms with Gasteiger partial charge < -0.3 is 0 Å². The summed E-state index contributed by atoms with van der Waals surface area (Å²) in [7, 11) is 0. The summed E-state index contributed by atoms with van der Waals surface area (Å²) in [5.74, 6) is 0.00509.